The molecule has 0 aliphatic heterocycles. The molecule has 0 amide bonds. The van der Waals surface area contributed by atoms with Crippen LogP contribution >= 0.6 is 0 Å². The molecule has 1 heterocycles. The van der Waals surface area contributed by atoms with Crippen LogP contribution in [0.5, 0.6) is 0 Å². The number of rotatable bonds is 3. The summed E-state index contributed by atoms with van der Waals surface area (Å²) in [6, 6.07) is 11.1. The Morgan fingerprint density at radius 3 is 1.93 bits per heavy atom. The van der Waals surface area contributed by atoms with Crippen LogP contribution in [-0.4, -0.2) is 44.5 Å². The Labute approximate surface area is 244 Å². The maximum atomic E-state index is 12.3. The minimum absolute atomic E-state index is 0.00972. The van der Waals surface area contributed by atoms with E-state index in [0.29, 0.717) is 17.8 Å². The van der Waals surface area contributed by atoms with Gasteiger partial charge in [-0.25, -0.2) is 9.59 Å². The van der Waals surface area contributed by atoms with Gasteiger partial charge < -0.3 is 20.6 Å². The Morgan fingerprint density at radius 1 is 0.857 bits per heavy atom. The normalized spacial score (nSPS) is 20.4. The number of aromatic carboxylic acids is 2. The van der Waals surface area contributed by atoms with Gasteiger partial charge in [-0.1, -0.05) is 41.5 Å². The predicted octanol–water partition coefficient (Wildman–Crippen LogP) is 5.62. The van der Waals surface area contributed by atoms with Gasteiger partial charge in [0, 0.05) is 34.8 Å². The number of fused-ring (bicyclic) bond motifs is 3. The molecule has 2 atom stereocenters. The number of nitrogens with one attached hydrogen (secondary N) is 2. The molecule has 10 nitrogen and oxygen atoms in total. The van der Waals surface area contributed by atoms with Crippen molar-refractivity contribution in [3.63, 3.8) is 0 Å². The van der Waals surface area contributed by atoms with Crippen LogP contribution in [0, 0.1) is 17.3 Å². The number of hydrogen-bond acceptors (Lipinski definition) is 7. The molecule has 0 radical (unpaired) electrons. The van der Waals surface area contributed by atoms with Crippen LogP contribution in [-0.2, 0) is 15.0 Å². The quantitative estimate of drug-likeness (QED) is 0.150. The highest BCUT2D eigenvalue weighted by atomic mass is 16.4. The van der Waals surface area contributed by atoms with Crippen molar-refractivity contribution in [1.29, 1.82) is 0 Å². The molecule has 0 bridgehead atoms. The van der Waals surface area contributed by atoms with Crippen LogP contribution in [0.15, 0.2) is 42.5 Å². The number of hydrazine groups is 1. The zero-order valence-electron chi connectivity index (χ0n) is 24.8. The lowest BCUT2D eigenvalue weighted by Gasteiger charge is -2.33. The zero-order valence-corrected chi connectivity index (χ0v) is 24.8. The minimum atomic E-state index is -0.949. The number of carboxylic acids is 2. The maximum Gasteiger partial charge on any atom is 0.335 e. The maximum absolute atomic E-state index is 12.3. The summed E-state index contributed by atoms with van der Waals surface area (Å²) in [4.78, 5) is 59.1. The molecule has 2 aromatic carbocycles. The highest BCUT2D eigenvalue weighted by Gasteiger charge is 2.39. The highest BCUT2D eigenvalue weighted by Crippen LogP contribution is 2.43. The Bertz CT molecular complexity index is 1530. The van der Waals surface area contributed by atoms with E-state index in [0.717, 1.165) is 29.3 Å². The Morgan fingerprint density at radius 2 is 1.40 bits per heavy atom. The van der Waals surface area contributed by atoms with Gasteiger partial charge in [-0.3, -0.25) is 20.2 Å². The molecule has 1 saturated carbocycles. The number of carbonyl (C=O) groups is 5. The fraction of sp³-hybridized carbons (Fsp3) is 0.406. The van der Waals surface area contributed by atoms with Crippen molar-refractivity contribution in [2.75, 3.05) is 5.43 Å². The fourth-order valence-electron chi connectivity index (χ4n) is 5.92. The summed E-state index contributed by atoms with van der Waals surface area (Å²) < 4.78 is 0. The number of anilines is 1. The zero-order chi connectivity index (χ0) is 31.6. The minimum Gasteiger partial charge on any atom is -0.478 e. The third kappa shape index (κ3) is 7.12. The first-order valence-corrected chi connectivity index (χ1v) is 13.8. The highest BCUT2D eigenvalue weighted by molar-refractivity contribution is 6.38. The van der Waals surface area contributed by atoms with Crippen molar-refractivity contribution in [3.05, 3.63) is 64.8 Å². The average Bonchev–Trinajstić information content (AvgIpc) is 3.31. The first-order chi connectivity index (χ1) is 19.5. The first-order valence-electron chi connectivity index (χ1n) is 13.8. The number of benzene rings is 2. The van der Waals surface area contributed by atoms with E-state index >= 15 is 0 Å². The number of carbonyl (C=O) groups excluding carboxylic acids is 3. The molecule has 1 aromatic heterocycles. The summed E-state index contributed by atoms with van der Waals surface area (Å²) in [7, 11) is 0. The number of Topliss-reactive ketones (excluding diaryl/α,β-unsaturated/α-hetero) is 3. The predicted molar refractivity (Wildman–Crippen MR) is 160 cm³/mol. The molecule has 2 aliphatic carbocycles. The molecule has 0 saturated heterocycles. The molecule has 1 fully saturated rings. The first kappa shape index (κ1) is 32.2. The van der Waals surface area contributed by atoms with Crippen LogP contribution in [0.4, 0.5) is 5.69 Å². The van der Waals surface area contributed by atoms with Gasteiger partial charge in [0.2, 0.25) is 5.78 Å². The number of ketones is 3. The largest absolute Gasteiger partial charge is 0.478 e. The summed E-state index contributed by atoms with van der Waals surface area (Å²) in [5, 5.41) is 18.5. The molecule has 224 valence electrons. The molecule has 2 unspecified atom stereocenters. The van der Waals surface area contributed by atoms with Crippen LogP contribution in [0.25, 0.3) is 10.9 Å². The number of aromatic nitrogens is 1. The number of hydrogen-bond donors (Lipinski definition) is 5. The number of H-pyrrole nitrogens is 1. The van der Waals surface area contributed by atoms with Crippen molar-refractivity contribution in [2.24, 2.45) is 23.1 Å². The van der Waals surface area contributed by atoms with Gasteiger partial charge in [0.15, 0.2) is 11.6 Å². The standard InChI is InChI=1S/C16H17NO3.C9H14O2.C7H8N2O2/c1-8-7-16(2,3)12-10-6-9(15(19)20)4-5-11(10)17-13(12)14(8)18;1-6-4-9(2,3)5-7(10)8(6)11;8-9-6-3-1-5(2-4-6)7(10)11/h4-6,8,17H,7H2,1-3H3,(H,19,20);6H,4-5H2,1-3H3;1-4,9H,8H2,(H,10,11). The second-order valence-electron chi connectivity index (χ2n) is 12.6. The summed E-state index contributed by atoms with van der Waals surface area (Å²) in [5.41, 5.74) is 5.92. The van der Waals surface area contributed by atoms with E-state index in [4.69, 9.17) is 16.1 Å². The average molecular weight is 578 g/mol. The van der Waals surface area contributed by atoms with E-state index in [1.807, 2.05) is 27.7 Å². The molecule has 42 heavy (non-hydrogen) atoms. The van der Waals surface area contributed by atoms with Crippen LogP contribution in [0.1, 0.15) is 97.6 Å². The SMILES string of the molecule is CC1CC(C)(C)CC(=O)C1=O.CC1CC(C)(C)c2c([nH]c3ccc(C(=O)O)cc23)C1=O.NNc1ccc(C(=O)O)cc1. The molecule has 10 heteroatoms. The Kier molecular flexibility index (Phi) is 9.42. The molecular formula is C32H39N3O7. The Hall–Kier alpha value is -4.31. The van der Waals surface area contributed by atoms with Crippen molar-refractivity contribution in [3.8, 4) is 0 Å². The number of aromatic amines is 1. The second-order valence-corrected chi connectivity index (χ2v) is 12.6. The van der Waals surface area contributed by atoms with Gasteiger partial charge in [0.1, 0.15) is 0 Å². The fourth-order valence-corrected chi connectivity index (χ4v) is 5.92. The van der Waals surface area contributed by atoms with Crippen LogP contribution < -0.4 is 11.3 Å². The number of carboxylic acid groups (broad SMARTS) is 2. The van der Waals surface area contributed by atoms with E-state index in [9.17, 15) is 24.0 Å². The van der Waals surface area contributed by atoms with Crippen molar-refractivity contribution < 1.29 is 34.2 Å². The summed E-state index contributed by atoms with van der Waals surface area (Å²) >= 11 is 0. The van der Waals surface area contributed by atoms with Gasteiger partial charge in [-0.15, -0.1) is 0 Å². The monoisotopic (exact) mass is 577 g/mol. The van der Waals surface area contributed by atoms with E-state index in [1.165, 1.54) is 12.1 Å². The lowest BCUT2D eigenvalue weighted by molar-refractivity contribution is -0.143. The Balaban J connectivity index is 0.000000188. The molecular weight excluding hydrogens is 538 g/mol. The molecule has 5 rings (SSSR count). The van der Waals surface area contributed by atoms with E-state index in [2.05, 4.69) is 24.3 Å². The van der Waals surface area contributed by atoms with Crippen molar-refractivity contribution >= 4 is 45.9 Å². The molecule has 0 spiro atoms. The van der Waals surface area contributed by atoms with Gasteiger partial charge in [-0.05, 0) is 71.7 Å². The second kappa shape index (κ2) is 12.3. The molecule has 3 aromatic rings. The molecule has 2 aliphatic rings. The number of nitrogens with two attached hydrogens (primary N) is 1. The smallest absolute Gasteiger partial charge is 0.335 e. The van der Waals surface area contributed by atoms with Crippen molar-refractivity contribution in [2.45, 2.75) is 66.2 Å². The van der Waals surface area contributed by atoms with Gasteiger partial charge in [-0.2, -0.15) is 0 Å². The molecule has 6 N–H and O–H groups in total. The van der Waals surface area contributed by atoms with Crippen LogP contribution in [0.3, 0.4) is 0 Å². The lowest BCUT2D eigenvalue weighted by atomic mass is 9.70. The summed E-state index contributed by atoms with van der Waals surface area (Å²) in [5.74, 6) is 2.87. The van der Waals surface area contributed by atoms with Gasteiger partial charge >= 0.3 is 11.9 Å². The van der Waals surface area contributed by atoms with E-state index in [1.54, 1.807) is 30.3 Å². The third-order valence-corrected chi connectivity index (χ3v) is 7.75. The van der Waals surface area contributed by atoms with Crippen molar-refractivity contribution in [1.82, 2.24) is 4.98 Å². The van der Waals surface area contributed by atoms with E-state index in [-0.39, 0.29) is 51.1 Å². The van der Waals surface area contributed by atoms with E-state index < -0.39 is 11.9 Å². The number of nitrogen functional groups attached to an aromatic ring is 1. The summed E-state index contributed by atoms with van der Waals surface area (Å²) in [6.07, 6.45) is 2.05. The third-order valence-electron chi connectivity index (χ3n) is 7.75. The topological polar surface area (TPSA) is 180 Å². The van der Waals surface area contributed by atoms with Gasteiger partial charge in [0.05, 0.1) is 16.8 Å². The van der Waals surface area contributed by atoms with Crippen LogP contribution in [0.2, 0.25) is 0 Å². The summed E-state index contributed by atoms with van der Waals surface area (Å²) in [6.45, 7) is 12.1. The lowest BCUT2D eigenvalue weighted by Crippen LogP contribution is -2.36. The van der Waals surface area contributed by atoms with Gasteiger partial charge in [0.25, 0.3) is 0 Å².